The second-order valence-electron chi connectivity index (χ2n) is 13.3. The number of aromatic nitrogens is 5. The quantitative estimate of drug-likeness (QED) is 0.164. The smallest absolute Gasteiger partial charge is 0.164 e. The lowest BCUT2D eigenvalue weighted by atomic mass is 10.0. The summed E-state index contributed by atoms with van der Waals surface area (Å²) in [5.41, 5.74) is 10.9. The Morgan fingerprint density at radius 2 is 0.727 bits per heavy atom. The molecule has 0 aliphatic rings. The molecule has 0 amide bonds. The summed E-state index contributed by atoms with van der Waals surface area (Å²) in [4.78, 5) is 25.5. The Morgan fingerprint density at radius 1 is 0.291 bits per heavy atom. The summed E-state index contributed by atoms with van der Waals surface area (Å²) in [6.07, 6.45) is 0. The van der Waals surface area contributed by atoms with E-state index in [1.165, 1.54) is 0 Å². The molecule has 0 saturated heterocycles. The summed E-state index contributed by atoms with van der Waals surface area (Å²) in [7, 11) is 0. The van der Waals surface area contributed by atoms with E-state index in [4.69, 9.17) is 29.3 Å². The van der Waals surface area contributed by atoms with Crippen LogP contribution in [-0.4, -0.2) is 24.9 Å². The summed E-state index contributed by atoms with van der Waals surface area (Å²) in [5, 5.41) is 2.20. The van der Waals surface area contributed by atoms with E-state index >= 15 is 0 Å². The second-order valence-corrected chi connectivity index (χ2v) is 13.3. The molecule has 0 bridgehead atoms. The first-order valence-corrected chi connectivity index (χ1v) is 18.2. The van der Waals surface area contributed by atoms with Crippen LogP contribution in [0.2, 0.25) is 0 Å². The molecule has 0 aliphatic carbocycles. The first kappa shape index (κ1) is 32.1. The van der Waals surface area contributed by atoms with Crippen LogP contribution in [0, 0.1) is 0 Å². The Kier molecular flexibility index (Phi) is 8.04. The summed E-state index contributed by atoms with van der Waals surface area (Å²) < 4.78 is 6.35. The molecule has 0 fully saturated rings. The maximum atomic E-state index is 6.35. The monoisotopic (exact) mass is 705 g/mol. The van der Waals surface area contributed by atoms with Crippen LogP contribution in [0.3, 0.4) is 0 Å². The predicted molar refractivity (Wildman–Crippen MR) is 221 cm³/mol. The van der Waals surface area contributed by atoms with Crippen molar-refractivity contribution in [2.75, 3.05) is 0 Å². The number of nitrogens with zero attached hydrogens (tertiary/aromatic N) is 5. The molecule has 10 rings (SSSR count). The first-order valence-electron chi connectivity index (χ1n) is 18.2. The molecule has 3 heterocycles. The highest BCUT2D eigenvalue weighted by Gasteiger charge is 2.19. The van der Waals surface area contributed by atoms with Crippen LogP contribution in [-0.2, 0) is 0 Å². The van der Waals surface area contributed by atoms with Crippen molar-refractivity contribution in [3.63, 3.8) is 0 Å². The Bertz CT molecular complexity index is 2900. The van der Waals surface area contributed by atoms with Crippen LogP contribution in [0.15, 0.2) is 192 Å². The summed E-state index contributed by atoms with van der Waals surface area (Å²) in [6, 6.07) is 63.3. The number of furan rings is 1. The zero-order chi connectivity index (χ0) is 36.6. The maximum Gasteiger partial charge on any atom is 0.164 e. The minimum absolute atomic E-state index is 0.533. The number of rotatable bonds is 7. The zero-order valence-corrected chi connectivity index (χ0v) is 29.5. The minimum atomic E-state index is 0.533. The van der Waals surface area contributed by atoms with Gasteiger partial charge in [0.15, 0.2) is 23.3 Å². The average molecular weight is 706 g/mol. The average Bonchev–Trinajstić information content (AvgIpc) is 3.66. The number of fused-ring (bicyclic) bond motifs is 3. The lowest BCUT2D eigenvalue weighted by molar-refractivity contribution is 0.670. The van der Waals surface area contributed by atoms with Gasteiger partial charge in [-0.2, -0.15) is 0 Å². The summed E-state index contributed by atoms with van der Waals surface area (Å²) in [6.45, 7) is 0. The van der Waals surface area contributed by atoms with Gasteiger partial charge in [0.25, 0.3) is 0 Å². The molecule has 0 radical (unpaired) electrons. The SMILES string of the molecule is c1ccc(-c2cc(-c3ccccc3)nc(-c3ccccc3-c3nc(-c4ccccc4)nc(-c4ccc(-c5cccc6c5oc5ccccc56)cc4)n3)n2)cc1. The number of benzene rings is 7. The van der Waals surface area contributed by atoms with E-state index in [9.17, 15) is 0 Å². The van der Waals surface area contributed by atoms with Gasteiger partial charge in [0.05, 0.1) is 11.4 Å². The van der Waals surface area contributed by atoms with Crippen molar-refractivity contribution in [1.82, 2.24) is 24.9 Å². The van der Waals surface area contributed by atoms with Gasteiger partial charge < -0.3 is 4.42 Å². The lowest BCUT2D eigenvalue weighted by Gasteiger charge is -2.13. The van der Waals surface area contributed by atoms with Crippen molar-refractivity contribution in [3.05, 3.63) is 188 Å². The van der Waals surface area contributed by atoms with Crippen molar-refractivity contribution in [3.8, 4) is 79.2 Å². The fraction of sp³-hybridized carbons (Fsp3) is 0. The van der Waals surface area contributed by atoms with Crippen molar-refractivity contribution in [2.45, 2.75) is 0 Å². The van der Waals surface area contributed by atoms with Crippen molar-refractivity contribution >= 4 is 21.9 Å². The third-order valence-corrected chi connectivity index (χ3v) is 9.80. The van der Waals surface area contributed by atoms with Crippen LogP contribution in [0.5, 0.6) is 0 Å². The highest BCUT2D eigenvalue weighted by atomic mass is 16.3. The fourth-order valence-corrected chi connectivity index (χ4v) is 7.07. The van der Waals surface area contributed by atoms with E-state index in [1.807, 2.05) is 115 Å². The van der Waals surface area contributed by atoms with Gasteiger partial charge in [-0.15, -0.1) is 0 Å². The van der Waals surface area contributed by atoms with Gasteiger partial charge in [-0.1, -0.05) is 176 Å². The third kappa shape index (κ3) is 6.11. The highest BCUT2D eigenvalue weighted by molar-refractivity contribution is 6.09. The molecular formula is C49H31N5O. The Labute approximate surface area is 317 Å². The molecule has 6 nitrogen and oxygen atoms in total. The zero-order valence-electron chi connectivity index (χ0n) is 29.5. The molecule has 0 unspecified atom stereocenters. The summed E-state index contributed by atoms with van der Waals surface area (Å²) >= 11 is 0. The topological polar surface area (TPSA) is 77.6 Å². The molecule has 258 valence electrons. The van der Waals surface area contributed by atoms with Crippen LogP contribution < -0.4 is 0 Å². The van der Waals surface area contributed by atoms with E-state index in [0.29, 0.717) is 23.3 Å². The Balaban J connectivity index is 1.11. The minimum Gasteiger partial charge on any atom is -0.455 e. The van der Waals surface area contributed by atoms with Crippen LogP contribution in [0.4, 0.5) is 0 Å². The van der Waals surface area contributed by atoms with Crippen molar-refractivity contribution in [1.29, 1.82) is 0 Å². The molecule has 0 spiro atoms. The lowest BCUT2D eigenvalue weighted by Crippen LogP contribution is -2.02. The number of para-hydroxylation sites is 2. The first-order chi connectivity index (χ1) is 27.2. The van der Waals surface area contributed by atoms with E-state index < -0.39 is 0 Å². The Morgan fingerprint density at radius 3 is 1.35 bits per heavy atom. The van der Waals surface area contributed by atoms with Gasteiger partial charge in [-0.3, -0.25) is 0 Å². The van der Waals surface area contributed by atoms with Gasteiger partial charge in [-0.25, -0.2) is 24.9 Å². The molecule has 3 aromatic heterocycles. The third-order valence-electron chi connectivity index (χ3n) is 9.80. The van der Waals surface area contributed by atoms with E-state index in [2.05, 4.69) is 72.8 Å². The second kappa shape index (κ2) is 13.8. The van der Waals surface area contributed by atoms with Gasteiger partial charge in [0.2, 0.25) is 0 Å². The summed E-state index contributed by atoms with van der Waals surface area (Å²) in [5.74, 6) is 2.26. The molecule has 10 aromatic rings. The predicted octanol–water partition coefficient (Wildman–Crippen LogP) is 12.2. The number of hydrogen-bond acceptors (Lipinski definition) is 6. The maximum absolute atomic E-state index is 6.35. The standard InChI is InChI=1S/C49H31N5O/c1-4-15-33(16-5-1)42-31-43(34-17-6-2-7-18-34)51-48(50-42)40-22-10-11-23-41(40)49-53-46(35-19-8-3-9-20-35)52-47(54-49)36-29-27-32(28-30-36)37-24-14-25-39-38-21-12-13-26-44(38)55-45(37)39/h1-31H. The van der Waals surface area contributed by atoms with Crippen LogP contribution >= 0.6 is 0 Å². The van der Waals surface area contributed by atoms with Crippen molar-refractivity contribution < 1.29 is 4.42 Å². The molecular weight excluding hydrogens is 675 g/mol. The molecule has 0 atom stereocenters. The highest BCUT2D eigenvalue weighted by Crippen LogP contribution is 2.37. The number of hydrogen-bond donors (Lipinski definition) is 0. The van der Waals surface area contributed by atoms with Crippen LogP contribution in [0.1, 0.15) is 0 Å². The van der Waals surface area contributed by atoms with E-state index in [0.717, 1.165) is 77.8 Å². The van der Waals surface area contributed by atoms with Gasteiger partial charge in [0.1, 0.15) is 11.2 Å². The molecule has 55 heavy (non-hydrogen) atoms. The normalized spacial score (nSPS) is 11.3. The Hall–Kier alpha value is -7.57. The molecule has 7 aromatic carbocycles. The fourth-order valence-electron chi connectivity index (χ4n) is 7.07. The molecule has 0 N–H and O–H groups in total. The van der Waals surface area contributed by atoms with Crippen molar-refractivity contribution in [2.24, 2.45) is 0 Å². The van der Waals surface area contributed by atoms with E-state index in [-0.39, 0.29) is 0 Å². The molecule has 6 heteroatoms. The van der Waals surface area contributed by atoms with Gasteiger partial charge in [0, 0.05) is 49.7 Å². The molecule has 0 aliphatic heterocycles. The van der Waals surface area contributed by atoms with Gasteiger partial charge >= 0.3 is 0 Å². The largest absolute Gasteiger partial charge is 0.455 e. The van der Waals surface area contributed by atoms with Crippen LogP contribution in [0.25, 0.3) is 101 Å². The van der Waals surface area contributed by atoms with Gasteiger partial charge in [-0.05, 0) is 17.7 Å². The molecule has 0 saturated carbocycles. The van der Waals surface area contributed by atoms with E-state index in [1.54, 1.807) is 0 Å².